The van der Waals surface area contributed by atoms with Crippen LogP contribution in [0.1, 0.15) is 18.1 Å². The molecule has 0 saturated heterocycles. The van der Waals surface area contributed by atoms with Gasteiger partial charge in [0.15, 0.2) is 5.60 Å². The molecule has 0 radical (unpaired) electrons. The number of carbonyl (C=O) groups excluding carboxylic acids is 1. The third kappa shape index (κ3) is 4.51. The molecule has 3 atom stereocenters. The molecule has 0 fully saturated rings. The lowest BCUT2D eigenvalue weighted by Gasteiger charge is -2.27. The van der Waals surface area contributed by atoms with Crippen LogP contribution in [-0.4, -0.2) is 34.0 Å². The summed E-state index contributed by atoms with van der Waals surface area (Å²) in [6.45, 7) is 1.66. The number of esters is 1. The van der Waals surface area contributed by atoms with Crippen LogP contribution in [0.2, 0.25) is 0 Å². The molecule has 3 unspecified atom stereocenters. The Balaban J connectivity index is 1.77. The zero-order chi connectivity index (χ0) is 19.6. The summed E-state index contributed by atoms with van der Waals surface area (Å²) < 4.78 is 7.21. The predicted molar refractivity (Wildman–Crippen MR) is 110 cm³/mol. The number of hydrogen-bond acceptors (Lipinski definition) is 4. The highest BCUT2D eigenvalue weighted by molar-refractivity contribution is 9.10. The summed E-state index contributed by atoms with van der Waals surface area (Å²) in [4.78, 5) is 12.3. The van der Waals surface area contributed by atoms with Gasteiger partial charge in [0.25, 0.3) is 0 Å². The summed E-state index contributed by atoms with van der Waals surface area (Å²) in [7, 11) is 0. The number of rotatable bonds is 6. The van der Waals surface area contributed by atoms with Gasteiger partial charge in [0.05, 0.1) is 11.7 Å². The van der Waals surface area contributed by atoms with Gasteiger partial charge >= 0.3 is 5.97 Å². The average molecular weight is 496 g/mol. The van der Waals surface area contributed by atoms with Crippen molar-refractivity contribution in [1.82, 2.24) is 0 Å². The maximum Gasteiger partial charge on any atom is 0.337 e. The molecule has 2 aromatic rings. The minimum absolute atomic E-state index is 0.180. The number of aliphatic hydroxyl groups excluding tert-OH is 2. The molecule has 0 amide bonds. The smallest absolute Gasteiger partial charge is 0.337 e. The predicted octanol–water partition coefficient (Wildman–Crippen LogP) is 3.96. The van der Waals surface area contributed by atoms with Gasteiger partial charge in [0.1, 0.15) is 6.10 Å². The van der Waals surface area contributed by atoms with Crippen molar-refractivity contribution in [2.75, 3.05) is 0 Å². The number of carbonyl (C=O) groups is 1. The molecule has 142 valence electrons. The van der Waals surface area contributed by atoms with Crippen molar-refractivity contribution >= 4 is 37.8 Å². The molecule has 0 aromatic heterocycles. The van der Waals surface area contributed by atoms with Crippen molar-refractivity contribution in [3.8, 4) is 0 Å². The lowest BCUT2D eigenvalue weighted by molar-refractivity contribution is -0.154. The van der Waals surface area contributed by atoms with Gasteiger partial charge in [-0.3, -0.25) is 0 Å². The molecule has 4 nitrogen and oxygen atoms in total. The summed E-state index contributed by atoms with van der Waals surface area (Å²) in [6, 6.07) is 15.1. The van der Waals surface area contributed by atoms with Crippen molar-refractivity contribution < 1.29 is 19.7 Å². The van der Waals surface area contributed by atoms with E-state index in [1.54, 1.807) is 13.0 Å². The molecule has 27 heavy (non-hydrogen) atoms. The van der Waals surface area contributed by atoms with Crippen molar-refractivity contribution in [1.29, 1.82) is 0 Å². The van der Waals surface area contributed by atoms with Gasteiger partial charge in [-0.05, 0) is 36.3 Å². The van der Waals surface area contributed by atoms with Crippen LogP contribution in [0.3, 0.4) is 0 Å². The van der Waals surface area contributed by atoms with Crippen LogP contribution < -0.4 is 0 Å². The van der Waals surface area contributed by atoms with Crippen LogP contribution >= 0.6 is 31.9 Å². The minimum Gasteiger partial charge on any atom is -0.449 e. The van der Waals surface area contributed by atoms with Crippen LogP contribution in [0.5, 0.6) is 0 Å². The number of benzene rings is 2. The van der Waals surface area contributed by atoms with Gasteiger partial charge in [-0.2, -0.15) is 0 Å². The minimum atomic E-state index is -1.18. The van der Waals surface area contributed by atoms with Crippen LogP contribution in [0.25, 0.3) is 0 Å². The maximum absolute atomic E-state index is 12.3. The van der Waals surface area contributed by atoms with Gasteiger partial charge in [-0.1, -0.05) is 68.3 Å². The molecule has 6 heteroatoms. The van der Waals surface area contributed by atoms with Gasteiger partial charge in [-0.15, -0.1) is 0 Å². The van der Waals surface area contributed by atoms with E-state index in [9.17, 15) is 15.0 Å². The Morgan fingerprint density at radius 3 is 2.04 bits per heavy atom. The second-order valence-corrected chi connectivity index (χ2v) is 8.50. The number of aliphatic hydroxyl groups is 2. The molecule has 2 aromatic carbocycles. The van der Waals surface area contributed by atoms with Gasteiger partial charge in [-0.25, -0.2) is 4.79 Å². The highest BCUT2D eigenvalue weighted by Gasteiger charge is 2.43. The fraction of sp³-hybridized carbons (Fsp3) is 0.286. The first kappa shape index (κ1) is 20.3. The highest BCUT2D eigenvalue weighted by atomic mass is 79.9. The Morgan fingerprint density at radius 2 is 1.48 bits per heavy atom. The van der Waals surface area contributed by atoms with Crippen molar-refractivity contribution in [2.24, 2.45) is 0 Å². The normalized spacial score (nSPS) is 21.5. The van der Waals surface area contributed by atoms with E-state index in [4.69, 9.17) is 4.74 Å². The Labute approximate surface area is 175 Å². The molecule has 1 heterocycles. The Kier molecular flexibility index (Phi) is 6.21. The largest absolute Gasteiger partial charge is 0.449 e. The van der Waals surface area contributed by atoms with E-state index in [0.717, 1.165) is 20.1 Å². The molecule has 1 aliphatic rings. The first-order chi connectivity index (χ1) is 12.8. The molecular weight excluding hydrogens is 476 g/mol. The van der Waals surface area contributed by atoms with Crippen LogP contribution in [0.15, 0.2) is 69.1 Å². The van der Waals surface area contributed by atoms with E-state index < -0.39 is 23.8 Å². The zero-order valence-electron chi connectivity index (χ0n) is 14.7. The molecule has 0 spiro atoms. The third-order valence-electron chi connectivity index (χ3n) is 4.75. The summed E-state index contributed by atoms with van der Waals surface area (Å²) >= 11 is 6.91. The van der Waals surface area contributed by atoms with E-state index in [2.05, 4.69) is 31.9 Å². The SMILES string of the molecule is CC1(C(O)Cc2ccccc2Br)C=C(C(O)Cc2ccccc2Br)C(=O)O1. The number of cyclic esters (lactones) is 1. The second-order valence-electron chi connectivity index (χ2n) is 6.80. The monoisotopic (exact) mass is 494 g/mol. The standard InChI is InChI=1S/C21H20Br2O4/c1-21(19(25)11-14-7-3-5-9-17(14)23)12-15(20(26)27-21)18(24)10-13-6-2-4-8-16(13)22/h2-9,12,18-19,24-25H,10-11H2,1H3. The fourth-order valence-electron chi connectivity index (χ4n) is 3.11. The Morgan fingerprint density at radius 1 is 0.963 bits per heavy atom. The van der Waals surface area contributed by atoms with E-state index in [1.165, 1.54) is 0 Å². The first-order valence-electron chi connectivity index (χ1n) is 8.59. The number of ether oxygens (including phenoxy) is 1. The molecule has 0 aliphatic carbocycles. The highest BCUT2D eigenvalue weighted by Crippen LogP contribution is 2.33. The van der Waals surface area contributed by atoms with E-state index in [1.807, 2.05) is 48.5 Å². The van der Waals surface area contributed by atoms with Gasteiger partial charge in [0.2, 0.25) is 0 Å². The topological polar surface area (TPSA) is 66.8 Å². The lowest BCUT2D eigenvalue weighted by Crippen LogP contribution is -2.40. The zero-order valence-corrected chi connectivity index (χ0v) is 17.9. The Hall–Kier alpha value is -1.47. The fourth-order valence-corrected chi connectivity index (χ4v) is 4.00. The second kappa shape index (κ2) is 8.27. The average Bonchev–Trinajstić information content (AvgIpc) is 2.95. The van der Waals surface area contributed by atoms with Crippen molar-refractivity contribution in [2.45, 2.75) is 37.6 Å². The van der Waals surface area contributed by atoms with Gasteiger partial charge < -0.3 is 14.9 Å². The van der Waals surface area contributed by atoms with E-state index >= 15 is 0 Å². The number of halogens is 2. The Bertz CT molecular complexity index is 880. The summed E-state index contributed by atoms with van der Waals surface area (Å²) in [5.74, 6) is -0.594. The molecule has 0 saturated carbocycles. The summed E-state index contributed by atoms with van der Waals surface area (Å²) in [5.41, 5.74) is 0.801. The van der Waals surface area contributed by atoms with Gasteiger partial charge in [0, 0.05) is 21.8 Å². The summed E-state index contributed by atoms with van der Waals surface area (Å²) in [5, 5.41) is 21.3. The molecule has 3 rings (SSSR count). The van der Waals surface area contributed by atoms with Crippen LogP contribution in [0.4, 0.5) is 0 Å². The maximum atomic E-state index is 12.3. The van der Waals surface area contributed by atoms with Crippen molar-refractivity contribution in [3.05, 3.63) is 80.3 Å². The number of hydrogen-bond donors (Lipinski definition) is 2. The van der Waals surface area contributed by atoms with Crippen LogP contribution in [0, 0.1) is 0 Å². The molecule has 2 N–H and O–H groups in total. The molecule has 0 bridgehead atoms. The summed E-state index contributed by atoms with van der Waals surface area (Å²) in [6.07, 6.45) is 0.203. The molecule has 1 aliphatic heterocycles. The third-order valence-corrected chi connectivity index (χ3v) is 6.30. The quantitative estimate of drug-likeness (QED) is 0.595. The first-order valence-corrected chi connectivity index (χ1v) is 10.2. The van der Waals surface area contributed by atoms with E-state index in [0.29, 0.717) is 6.42 Å². The van der Waals surface area contributed by atoms with Crippen molar-refractivity contribution in [3.63, 3.8) is 0 Å². The van der Waals surface area contributed by atoms with Crippen LogP contribution in [-0.2, 0) is 22.4 Å². The lowest BCUT2D eigenvalue weighted by atomic mass is 9.91. The molecular formula is C21H20Br2O4. The van der Waals surface area contributed by atoms with E-state index in [-0.39, 0.29) is 12.0 Å².